The van der Waals surface area contributed by atoms with Gasteiger partial charge in [0, 0.05) is 45.5 Å². The number of carbonyl (C=O) groups is 3. The average Bonchev–Trinajstić information content (AvgIpc) is 3.11. The van der Waals surface area contributed by atoms with E-state index >= 15 is 0 Å². The smallest absolute Gasteiger partial charge is 0.331 e. The summed E-state index contributed by atoms with van der Waals surface area (Å²) in [6, 6.07) is 7.58. The number of ether oxygens (including phenoxy) is 2. The summed E-state index contributed by atoms with van der Waals surface area (Å²) in [6.07, 6.45) is 9.13. The standard InChI is InChI=1S/C23H24N2O5/c1-16(26)29-20-8-5-9-21(27)22(13-18-7-4-3-6-17(18)12-20)30-23(28)11-10-19-14-25(2)15-24-19/h3-7,9-11,14-15,20,22H,8,12-13H2,1-2H3. The Kier molecular flexibility index (Phi) is 6.95. The van der Waals surface area contributed by atoms with Crippen LogP contribution in [0, 0.1) is 0 Å². The molecule has 0 amide bonds. The molecule has 1 aromatic carbocycles. The van der Waals surface area contributed by atoms with E-state index in [1.807, 2.05) is 31.3 Å². The van der Waals surface area contributed by atoms with Crippen LogP contribution in [0.1, 0.15) is 30.2 Å². The van der Waals surface area contributed by atoms with E-state index in [2.05, 4.69) is 4.98 Å². The minimum Gasteiger partial charge on any atom is -0.462 e. The highest BCUT2D eigenvalue weighted by Gasteiger charge is 2.24. The van der Waals surface area contributed by atoms with Crippen molar-refractivity contribution in [1.82, 2.24) is 9.55 Å². The van der Waals surface area contributed by atoms with Crippen molar-refractivity contribution in [2.45, 2.75) is 38.4 Å². The van der Waals surface area contributed by atoms with Crippen LogP contribution in [0.3, 0.4) is 0 Å². The van der Waals surface area contributed by atoms with Gasteiger partial charge in [-0.1, -0.05) is 30.3 Å². The quantitative estimate of drug-likeness (QED) is 0.571. The second-order valence-electron chi connectivity index (χ2n) is 7.17. The minimum absolute atomic E-state index is 0.245. The minimum atomic E-state index is -0.937. The van der Waals surface area contributed by atoms with Crippen LogP contribution < -0.4 is 0 Å². The SMILES string of the molecule is CC(=O)OC1CC=CC(=O)C(OC(=O)C=Cc2cn(C)cn2)Cc2ccccc2C1. The molecule has 1 heterocycles. The van der Waals surface area contributed by atoms with Gasteiger partial charge in [0.2, 0.25) is 0 Å². The molecule has 0 aliphatic heterocycles. The number of aryl methyl sites for hydroxylation is 1. The Hall–Kier alpha value is -3.48. The zero-order chi connectivity index (χ0) is 21.5. The molecule has 7 heteroatoms. The fraction of sp³-hybridized carbons (Fsp3) is 0.304. The molecule has 0 N–H and O–H groups in total. The third-order valence-electron chi connectivity index (χ3n) is 4.68. The Morgan fingerprint density at radius 3 is 2.57 bits per heavy atom. The molecule has 2 aromatic rings. The van der Waals surface area contributed by atoms with E-state index in [0.717, 1.165) is 11.1 Å². The number of imidazole rings is 1. The fourth-order valence-corrected chi connectivity index (χ4v) is 3.30. The van der Waals surface area contributed by atoms with E-state index in [1.54, 1.807) is 29.2 Å². The Morgan fingerprint density at radius 2 is 1.90 bits per heavy atom. The normalized spacial score (nSPS) is 19.3. The lowest BCUT2D eigenvalue weighted by Gasteiger charge is -2.21. The molecule has 30 heavy (non-hydrogen) atoms. The molecule has 0 spiro atoms. The van der Waals surface area contributed by atoms with Crippen LogP contribution in [-0.4, -0.2) is 39.5 Å². The number of ketones is 1. The predicted molar refractivity (Wildman–Crippen MR) is 110 cm³/mol. The highest BCUT2D eigenvalue weighted by molar-refractivity contribution is 5.96. The van der Waals surface area contributed by atoms with Crippen LogP contribution in [0.25, 0.3) is 6.08 Å². The highest BCUT2D eigenvalue weighted by atomic mass is 16.5. The summed E-state index contributed by atoms with van der Waals surface area (Å²) in [5, 5.41) is 0. The first-order valence-electron chi connectivity index (χ1n) is 9.71. The average molecular weight is 408 g/mol. The highest BCUT2D eigenvalue weighted by Crippen LogP contribution is 2.20. The number of carbonyl (C=O) groups excluding carboxylic acids is 3. The molecule has 7 nitrogen and oxygen atoms in total. The van der Waals surface area contributed by atoms with Gasteiger partial charge >= 0.3 is 11.9 Å². The molecule has 2 atom stereocenters. The Bertz CT molecular complexity index is 989. The maximum atomic E-state index is 12.7. The van der Waals surface area contributed by atoms with Gasteiger partial charge in [0.15, 0.2) is 11.9 Å². The first kappa shape index (κ1) is 21.2. The summed E-state index contributed by atoms with van der Waals surface area (Å²) in [6.45, 7) is 1.37. The predicted octanol–water partition coefficient (Wildman–Crippen LogP) is 2.59. The first-order chi connectivity index (χ1) is 14.4. The molecule has 1 aliphatic carbocycles. The van der Waals surface area contributed by atoms with Gasteiger partial charge < -0.3 is 14.0 Å². The molecule has 1 aromatic heterocycles. The second kappa shape index (κ2) is 9.82. The lowest BCUT2D eigenvalue weighted by Crippen LogP contribution is -2.29. The Balaban J connectivity index is 1.78. The summed E-state index contributed by atoms with van der Waals surface area (Å²) in [7, 11) is 1.83. The number of hydrogen-bond donors (Lipinski definition) is 0. The van der Waals surface area contributed by atoms with E-state index < -0.39 is 12.1 Å². The molecule has 0 saturated heterocycles. The fourth-order valence-electron chi connectivity index (χ4n) is 3.30. The largest absolute Gasteiger partial charge is 0.462 e. The van der Waals surface area contributed by atoms with Crippen molar-refractivity contribution in [2.75, 3.05) is 0 Å². The maximum Gasteiger partial charge on any atom is 0.331 e. The van der Waals surface area contributed by atoms with Gasteiger partial charge in [-0.25, -0.2) is 9.78 Å². The molecule has 0 bridgehead atoms. The van der Waals surface area contributed by atoms with Crippen molar-refractivity contribution < 1.29 is 23.9 Å². The van der Waals surface area contributed by atoms with E-state index in [0.29, 0.717) is 18.5 Å². The molecular weight excluding hydrogens is 384 g/mol. The molecule has 3 rings (SSSR count). The lowest BCUT2D eigenvalue weighted by atomic mass is 9.93. The third kappa shape index (κ3) is 6.01. The topological polar surface area (TPSA) is 87.5 Å². The van der Waals surface area contributed by atoms with Gasteiger partial charge in [-0.15, -0.1) is 0 Å². The first-order valence-corrected chi connectivity index (χ1v) is 9.71. The number of aromatic nitrogens is 2. The van der Waals surface area contributed by atoms with Crippen LogP contribution in [-0.2, 0) is 43.7 Å². The number of fused-ring (bicyclic) bond motifs is 1. The van der Waals surface area contributed by atoms with Crippen LogP contribution in [0.15, 0.2) is 55.0 Å². The summed E-state index contributed by atoms with van der Waals surface area (Å²) < 4.78 is 12.6. The number of nitrogens with zero attached hydrogens (tertiary/aromatic N) is 2. The zero-order valence-corrected chi connectivity index (χ0v) is 17.0. The van der Waals surface area contributed by atoms with Crippen LogP contribution in [0.4, 0.5) is 0 Å². The molecule has 2 unspecified atom stereocenters. The van der Waals surface area contributed by atoms with Crippen molar-refractivity contribution in [3.05, 3.63) is 71.8 Å². The molecule has 0 fully saturated rings. The van der Waals surface area contributed by atoms with Crippen LogP contribution >= 0.6 is 0 Å². The molecular formula is C23H24N2O5. The van der Waals surface area contributed by atoms with Crippen LogP contribution in [0.5, 0.6) is 0 Å². The molecule has 1 aliphatic rings. The molecule has 0 saturated carbocycles. The van der Waals surface area contributed by atoms with Gasteiger partial charge in [0.25, 0.3) is 0 Å². The van der Waals surface area contributed by atoms with Crippen molar-refractivity contribution in [3.63, 3.8) is 0 Å². The van der Waals surface area contributed by atoms with E-state index in [-0.39, 0.29) is 24.3 Å². The van der Waals surface area contributed by atoms with Crippen molar-refractivity contribution in [3.8, 4) is 0 Å². The van der Waals surface area contributed by atoms with Crippen LogP contribution in [0.2, 0.25) is 0 Å². The van der Waals surface area contributed by atoms with Crippen molar-refractivity contribution >= 4 is 23.8 Å². The van der Waals surface area contributed by atoms with Crippen molar-refractivity contribution in [1.29, 1.82) is 0 Å². The summed E-state index contributed by atoms with van der Waals surface area (Å²) in [4.78, 5) is 40.5. The number of hydrogen-bond acceptors (Lipinski definition) is 6. The van der Waals surface area contributed by atoms with Gasteiger partial charge in [-0.3, -0.25) is 9.59 Å². The summed E-state index contributed by atoms with van der Waals surface area (Å²) >= 11 is 0. The van der Waals surface area contributed by atoms with E-state index in [1.165, 1.54) is 19.1 Å². The lowest BCUT2D eigenvalue weighted by molar-refractivity contribution is -0.148. The molecule has 156 valence electrons. The van der Waals surface area contributed by atoms with Gasteiger partial charge in [-0.05, 0) is 23.3 Å². The van der Waals surface area contributed by atoms with Gasteiger partial charge in [0.1, 0.15) is 6.10 Å². The number of esters is 2. The van der Waals surface area contributed by atoms with Gasteiger partial charge in [-0.2, -0.15) is 0 Å². The summed E-state index contributed by atoms with van der Waals surface area (Å²) in [5.74, 6) is -1.28. The van der Waals surface area contributed by atoms with Gasteiger partial charge in [0.05, 0.1) is 12.0 Å². The Morgan fingerprint density at radius 1 is 1.17 bits per heavy atom. The van der Waals surface area contributed by atoms with E-state index in [4.69, 9.17) is 9.47 Å². The zero-order valence-electron chi connectivity index (χ0n) is 17.0. The monoisotopic (exact) mass is 408 g/mol. The number of rotatable bonds is 4. The molecule has 0 radical (unpaired) electrons. The third-order valence-corrected chi connectivity index (χ3v) is 4.68. The maximum absolute atomic E-state index is 12.7. The summed E-state index contributed by atoms with van der Waals surface area (Å²) in [5.41, 5.74) is 2.45. The number of benzene rings is 1. The van der Waals surface area contributed by atoms with E-state index in [9.17, 15) is 14.4 Å². The second-order valence-corrected chi connectivity index (χ2v) is 7.17. The van der Waals surface area contributed by atoms with Crippen molar-refractivity contribution in [2.24, 2.45) is 7.05 Å². The Labute approximate surface area is 175 Å².